The molecule has 5 nitrogen and oxygen atoms in total. The minimum absolute atomic E-state index is 0.238. The lowest BCUT2D eigenvalue weighted by atomic mass is 10.1. The number of anilines is 2. The molecule has 1 fully saturated rings. The fraction of sp³-hybridized carbons (Fsp3) is 0.571. The molecule has 1 saturated carbocycles. The van der Waals surface area contributed by atoms with E-state index >= 15 is 0 Å². The Hall–Kier alpha value is -1.74. The number of carbonyl (C=O) groups excluding carboxylic acids is 1. The molecule has 4 N–H and O–H groups in total. The highest BCUT2D eigenvalue weighted by molar-refractivity contribution is 7.18. The number of carbonyl (C=O) groups is 1. The van der Waals surface area contributed by atoms with Gasteiger partial charge in [0.2, 0.25) is 0 Å². The zero-order valence-corrected chi connectivity index (χ0v) is 12.5. The van der Waals surface area contributed by atoms with Gasteiger partial charge in [-0.25, -0.2) is 0 Å². The summed E-state index contributed by atoms with van der Waals surface area (Å²) in [5, 5.41) is 16.0. The predicted molar refractivity (Wildman–Crippen MR) is 81.9 cm³/mol. The second-order valence-electron chi connectivity index (χ2n) is 5.07. The van der Waals surface area contributed by atoms with Gasteiger partial charge in [-0.3, -0.25) is 4.79 Å². The first kappa shape index (κ1) is 14.7. The number of nitriles is 1. The number of nitrogen functional groups attached to an aromatic ring is 1. The van der Waals surface area contributed by atoms with E-state index in [1.54, 1.807) is 7.05 Å². The van der Waals surface area contributed by atoms with Gasteiger partial charge in [0.05, 0.1) is 5.69 Å². The predicted octanol–water partition coefficient (Wildman–Crippen LogP) is 2.70. The number of nitrogens with two attached hydrogens (primary N) is 1. The second kappa shape index (κ2) is 6.62. The van der Waals surface area contributed by atoms with Crippen LogP contribution in [0.5, 0.6) is 0 Å². The lowest BCUT2D eigenvalue weighted by molar-refractivity contribution is 0.0968. The van der Waals surface area contributed by atoms with Crippen LogP contribution in [-0.4, -0.2) is 19.0 Å². The van der Waals surface area contributed by atoms with E-state index in [0.717, 1.165) is 17.8 Å². The maximum Gasteiger partial charge on any atom is 0.263 e. The molecule has 1 aromatic rings. The highest BCUT2D eigenvalue weighted by Gasteiger charge is 2.22. The van der Waals surface area contributed by atoms with Crippen molar-refractivity contribution >= 4 is 27.9 Å². The quantitative estimate of drug-likeness (QED) is 0.747. The van der Waals surface area contributed by atoms with Crippen LogP contribution in [0.3, 0.4) is 0 Å². The van der Waals surface area contributed by atoms with Crippen LogP contribution in [0.2, 0.25) is 0 Å². The van der Waals surface area contributed by atoms with Crippen molar-refractivity contribution in [1.29, 1.82) is 5.26 Å². The van der Waals surface area contributed by atoms with Crippen LogP contribution in [0.1, 0.15) is 53.8 Å². The largest absolute Gasteiger partial charge is 0.396 e. The van der Waals surface area contributed by atoms with Gasteiger partial charge in [0.1, 0.15) is 21.5 Å². The Kier molecular flexibility index (Phi) is 4.85. The zero-order valence-electron chi connectivity index (χ0n) is 11.7. The summed E-state index contributed by atoms with van der Waals surface area (Å²) >= 11 is 1.27. The average molecular weight is 292 g/mol. The van der Waals surface area contributed by atoms with Gasteiger partial charge in [0.15, 0.2) is 0 Å². The maximum absolute atomic E-state index is 11.7. The Bertz CT molecular complexity index is 524. The van der Waals surface area contributed by atoms with Gasteiger partial charge in [-0.1, -0.05) is 25.7 Å². The molecule has 0 unspecified atom stereocenters. The van der Waals surface area contributed by atoms with Crippen molar-refractivity contribution in [3.63, 3.8) is 0 Å². The summed E-state index contributed by atoms with van der Waals surface area (Å²) in [6, 6.07) is 2.49. The number of rotatable bonds is 3. The molecular formula is C14H20N4OS. The normalized spacial score (nSPS) is 16.2. The van der Waals surface area contributed by atoms with E-state index in [9.17, 15) is 10.1 Å². The third-order valence-electron chi connectivity index (χ3n) is 3.68. The molecule has 0 aliphatic heterocycles. The smallest absolute Gasteiger partial charge is 0.263 e. The fourth-order valence-electron chi connectivity index (χ4n) is 2.55. The van der Waals surface area contributed by atoms with Crippen molar-refractivity contribution < 1.29 is 4.79 Å². The van der Waals surface area contributed by atoms with Gasteiger partial charge < -0.3 is 16.4 Å². The first-order valence-electron chi connectivity index (χ1n) is 6.98. The average Bonchev–Trinajstić information content (AvgIpc) is 2.63. The molecule has 0 atom stereocenters. The third-order valence-corrected chi connectivity index (χ3v) is 4.82. The van der Waals surface area contributed by atoms with E-state index in [0.29, 0.717) is 16.5 Å². The zero-order chi connectivity index (χ0) is 14.5. The van der Waals surface area contributed by atoms with E-state index in [-0.39, 0.29) is 11.6 Å². The van der Waals surface area contributed by atoms with Gasteiger partial charge in [-0.15, -0.1) is 11.3 Å². The number of nitrogens with zero attached hydrogens (tertiary/aromatic N) is 1. The Balaban J connectivity index is 2.22. The minimum Gasteiger partial charge on any atom is -0.396 e. The topological polar surface area (TPSA) is 90.9 Å². The van der Waals surface area contributed by atoms with Gasteiger partial charge in [-0.05, 0) is 12.8 Å². The van der Waals surface area contributed by atoms with Crippen LogP contribution in [-0.2, 0) is 0 Å². The molecule has 0 bridgehead atoms. The molecular weight excluding hydrogens is 272 g/mol. The molecule has 0 saturated heterocycles. The van der Waals surface area contributed by atoms with E-state index in [1.807, 2.05) is 0 Å². The van der Waals surface area contributed by atoms with Crippen molar-refractivity contribution in [3.8, 4) is 6.07 Å². The van der Waals surface area contributed by atoms with Crippen LogP contribution < -0.4 is 16.4 Å². The molecule has 0 spiro atoms. The number of amides is 1. The highest BCUT2D eigenvalue weighted by atomic mass is 32.1. The summed E-state index contributed by atoms with van der Waals surface area (Å²) in [5.74, 6) is -0.238. The summed E-state index contributed by atoms with van der Waals surface area (Å²) in [6.45, 7) is 0. The summed E-state index contributed by atoms with van der Waals surface area (Å²) in [5.41, 5.74) is 6.60. The van der Waals surface area contributed by atoms with E-state index in [4.69, 9.17) is 5.73 Å². The number of nitrogens with one attached hydrogen (secondary N) is 2. The lowest BCUT2D eigenvalue weighted by Gasteiger charge is -2.16. The number of thiophene rings is 1. The SMILES string of the molecule is CNC(=O)c1sc(NC2CCCCCC2)c(C#N)c1N. The van der Waals surface area contributed by atoms with Crippen molar-refractivity contribution in [1.82, 2.24) is 5.32 Å². The Morgan fingerprint density at radius 2 is 2.00 bits per heavy atom. The van der Waals surface area contributed by atoms with Crippen molar-refractivity contribution in [2.24, 2.45) is 0 Å². The van der Waals surface area contributed by atoms with Gasteiger partial charge in [-0.2, -0.15) is 5.26 Å². The summed E-state index contributed by atoms with van der Waals surface area (Å²) in [4.78, 5) is 12.2. The van der Waals surface area contributed by atoms with E-state index < -0.39 is 0 Å². The Morgan fingerprint density at radius 3 is 2.55 bits per heavy atom. The molecule has 1 amide bonds. The molecule has 20 heavy (non-hydrogen) atoms. The van der Waals surface area contributed by atoms with E-state index in [1.165, 1.54) is 37.0 Å². The summed E-state index contributed by atoms with van der Waals surface area (Å²) in [7, 11) is 1.56. The van der Waals surface area contributed by atoms with Gasteiger partial charge in [0.25, 0.3) is 5.91 Å². The molecule has 0 aromatic carbocycles. The molecule has 1 heterocycles. The fourth-order valence-corrected chi connectivity index (χ4v) is 3.64. The van der Waals surface area contributed by atoms with Crippen LogP contribution in [0.25, 0.3) is 0 Å². The van der Waals surface area contributed by atoms with Crippen LogP contribution >= 0.6 is 11.3 Å². The Morgan fingerprint density at radius 1 is 1.35 bits per heavy atom. The molecule has 2 rings (SSSR count). The second-order valence-corrected chi connectivity index (χ2v) is 6.09. The number of hydrogen-bond donors (Lipinski definition) is 3. The molecule has 108 valence electrons. The van der Waals surface area contributed by atoms with Gasteiger partial charge in [0, 0.05) is 13.1 Å². The van der Waals surface area contributed by atoms with E-state index in [2.05, 4.69) is 16.7 Å². The molecule has 0 radical (unpaired) electrons. The van der Waals surface area contributed by atoms with Crippen molar-refractivity contribution in [3.05, 3.63) is 10.4 Å². The maximum atomic E-state index is 11.7. The standard InChI is InChI=1S/C14H20N4OS/c1-17-13(19)12-11(16)10(8-15)14(20-12)18-9-6-4-2-3-5-7-9/h9,18H,2-7,16H2,1H3,(H,17,19). The molecule has 6 heteroatoms. The van der Waals surface area contributed by atoms with Crippen LogP contribution in [0.15, 0.2) is 0 Å². The summed E-state index contributed by atoms with van der Waals surface area (Å²) in [6.07, 6.45) is 7.19. The minimum atomic E-state index is -0.238. The first-order valence-corrected chi connectivity index (χ1v) is 7.80. The molecule has 1 aliphatic carbocycles. The molecule has 1 aromatic heterocycles. The monoisotopic (exact) mass is 292 g/mol. The van der Waals surface area contributed by atoms with Crippen molar-refractivity contribution in [2.75, 3.05) is 18.1 Å². The Labute approximate surface area is 123 Å². The third kappa shape index (κ3) is 3.05. The van der Waals surface area contributed by atoms with Crippen molar-refractivity contribution in [2.45, 2.75) is 44.6 Å². The lowest BCUT2D eigenvalue weighted by Crippen LogP contribution is -2.18. The van der Waals surface area contributed by atoms with Crippen LogP contribution in [0, 0.1) is 11.3 Å². The first-order chi connectivity index (χ1) is 9.67. The number of hydrogen-bond acceptors (Lipinski definition) is 5. The van der Waals surface area contributed by atoms with Crippen LogP contribution in [0.4, 0.5) is 10.7 Å². The van der Waals surface area contributed by atoms with Gasteiger partial charge >= 0.3 is 0 Å². The highest BCUT2D eigenvalue weighted by Crippen LogP contribution is 2.36. The summed E-state index contributed by atoms with van der Waals surface area (Å²) < 4.78 is 0. The molecule has 1 aliphatic rings.